The van der Waals surface area contributed by atoms with Crippen molar-refractivity contribution in [2.75, 3.05) is 31.9 Å². The highest BCUT2D eigenvalue weighted by molar-refractivity contribution is 7.89. The van der Waals surface area contributed by atoms with E-state index in [9.17, 15) is 13.2 Å². The van der Waals surface area contributed by atoms with Crippen molar-refractivity contribution in [3.63, 3.8) is 0 Å². The van der Waals surface area contributed by atoms with Gasteiger partial charge >= 0.3 is 5.97 Å². The maximum atomic E-state index is 11.8. The number of rotatable bonds is 4. The third-order valence-corrected chi connectivity index (χ3v) is 5.58. The van der Waals surface area contributed by atoms with E-state index in [-0.39, 0.29) is 0 Å². The van der Waals surface area contributed by atoms with Crippen LogP contribution in [0.2, 0.25) is 0 Å². The number of carboxylic acids is 1. The molecule has 0 unspecified atom stereocenters. The Bertz CT molecular complexity index is 395. The summed E-state index contributed by atoms with van der Waals surface area (Å²) in [5, 5.41) is 8.59. The first kappa shape index (κ1) is 13.8. The molecule has 1 aliphatic carbocycles. The summed E-state index contributed by atoms with van der Waals surface area (Å²) in [7, 11) is -3.62. The summed E-state index contributed by atoms with van der Waals surface area (Å²) in [5.74, 6) is -2.08. The zero-order valence-electron chi connectivity index (χ0n) is 10.4. The Labute approximate surface area is 108 Å². The summed E-state index contributed by atoms with van der Waals surface area (Å²) in [4.78, 5) is 12.9. The number of hydrogen-bond donors (Lipinski definition) is 1. The van der Waals surface area contributed by atoms with E-state index >= 15 is 0 Å². The number of carbonyl (C=O) groups is 1. The van der Waals surface area contributed by atoms with E-state index in [0.717, 1.165) is 13.1 Å². The smallest absolute Gasteiger partial charge is 0.320 e. The van der Waals surface area contributed by atoms with Crippen molar-refractivity contribution in [3.8, 4) is 0 Å². The molecule has 0 aromatic rings. The predicted molar refractivity (Wildman–Crippen MR) is 66.8 cm³/mol. The molecule has 18 heavy (non-hydrogen) atoms. The molecule has 0 bridgehead atoms. The lowest BCUT2D eigenvalue weighted by atomic mass is 10.2. The van der Waals surface area contributed by atoms with E-state index in [1.165, 1.54) is 30.0 Å². The molecule has 104 valence electrons. The first-order valence-electron chi connectivity index (χ1n) is 6.43. The van der Waals surface area contributed by atoms with E-state index in [4.69, 9.17) is 5.11 Å². The molecule has 1 aliphatic heterocycles. The monoisotopic (exact) mass is 276 g/mol. The molecule has 7 heteroatoms. The fourth-order valence-electron chi connectivity index (χ4n) is 2.86. The maximum absolute atomic E-state index is 11.8. The largest absolute Gasteiger partial charge is 0.480 e. The van der Waals surface area contributed by atoms with Crippen LogP contribution in [0.25, 0.3) is 0 Å². The molecule has 1 N–H and O–H groups in total. The fraction of sp³-hybridized carbons (Fsp3) is 0.909. The normalized spacial score (nSPS) is 24.4. The van der Waals surface area contributed by atoms with Crippen LogP contribution >= 0.6 is 0 Å². The van der Waals surface area contributed by atoms with Crippen LogP contribution in [0, 0.1) is 0 Å². The molecule has 0 aromatic carbocycles. The van der Waals surface area contributed by atoms with Gasteiger partial charge in [-0.05, 0) is 12.8 Å². The second-order valence-corrected chi connectivity index (χ2v) is 6.99. The molecule has 2 rings (SSSR count). The Morgan fingerprint density at radius 2 is 1.67 bits per heavy atom. The Morgan fingerprint density at radius 1 is 1.11 bits per heavy atom. The molecule has 0 aromatic heterocycles. The van der Waals surface area contributed by atoms with Crippen LogP contribution in [0.3, 0.4) is 0 Å². The van der Waals surface area contributed by atoms with E-state index in [1.54, 1.807) is 0 Å². The second kappa shape index (κ2) is 5.54. The molecule has 2 fully saturated rings. The molecule has 2 aliphatic rings. The van der Waals surface area contributed by atoms with Crippen LogP contribution in [0.5, 0.6) is 0 Å². The molecule has 1 saturated heterocycles. The molecule has 1 heterocycles. The number of aliphatic carboxylic acids is 1. The zero-order valence-corrected chi connectivity index (χ0v) is 11.2. The number of nitrogens with zero attached hydrogens (tertiary/aromatic N) is 2. The maximum Gasteiger partial charge on any atom is 0.320 e. The topological polar surface area (TPSA) is 77.9 Å². The van der Waals surface area contributed by atoms with E-state index in [0.29, 0.717) is 19.1 Å². The van der Waals surface area contributed by atoms with Gasteiger partial charge in [-0.2, -0.15) is 4.31 Å². The Hall–Kier alpha value is -0.660. The van der Waals surface area contributed by atoms with Crippen molar-refractivity contribution in [2.45, 2.75) is 31.7 Å². The predicted octanol–water partition coefficient (Wildman–Crippen LogP) is -0.0390. The van der Waals surface area contributed by atoms with E-state index in [1.807, 2.05) is 0 Å². The van der Waals surface area contributed by atoms with Crippen molar-refractivity contribution >= 4 is 16.0 Å². The van der Waals surface area contributed by atoms with Gasteiger partial charge in [0.05, 0.1) is 0 Å². The van der Waals surface area contributed by atoms with Gasteiger partial charge in [-0.3, -0.25) is 9.69 Å². The molecular weight excluding hydrogens is 256 g/mol. The SMILES string of the molecule is O=C(O)CS(=O)(=O)N1CCN(C2CCCC2)CC1. The minimum atomic E-state index is -3.62. The lowest BCUT2D eigenvalue weighted by molar-refractivity contribution is -0.134. The summed E-state index contributed by atoms with van der Waals surface area (Å²) < 4.78 is 24.8. The molecule has 6 nitrogen and oxygen atoms in total. The van der Waals surface area contributed by atoms with Crippen LogP contribution < -0.4 is 0 Å². The third kappa shape index (κ3) is 3.21. The molecule has 0 spiro atoms. The van der Waals surface area contributed by atoms with Crippen LogP contribution in [-0.2, 0) is 14.8 Å². The first-order chi connectivity index (χ1) is 8.49. The van der Waals surface area contributed by atoms with Crippen LogP contribution in [0.1, 0.15) is 25.7 Å². The van der Waals surface area contributed by atoms with Gasteiger partial charge in [-0.25, -0.2) is 8.42 Å². The number of carboxylic acid groups (broad SMARTS) is 1. The lowest BCUT2D eigenvalue weighted by Crippen LogP contribution is -2.52. The second-order valence-electron chi connectivity index (χ2n) is 5.02. The van der Waals surface area contributed by atoms with Gasteiger partial charge in [-0.15, -0.1) is 0 Å². The van der Waals surface area contributed by atoms with E-state index < -0.39 is 21.7 Å². The summed E-state index contributed by atoms with van der Waals surface area (Å²) in [5.41, 5.74) is 0. The van der Waals surface area contributed by atoms with E-state index in [2.05, 4.69) is 4.90 Å². The third-order valence-electron chi connectivity index (χ3n) is 3.81. The highest BCUT2D eigenvalue weighted by atomic mass is 32.2. The van der Waals surface area contributed by atoms with Crippen LogP contribution in [0.15, 0.2) is 0 Å². The summed E-state index contributed by atoms with van der Waals surface area (Å²) in [6, 6.07) is 0.606. The molecule has 1 saturated carbocycles. The number of hydrogen-bond acceptors (Lipinski definition) is 4. The quantitative estimate of drug-likeness (QED) is 0.779. The minimum Gasteiger partial charge on any atom is -0.480 e. The first-order valence-corrected chi connectivity index (χ1v) is 8.03. The molecule has 0 amide bonds. The average molecular weight is 276 g/mol. The summed E-state index contributed by atoms with van der Waals surface area (Å²) >= 11 is 0. The van der Waals surface area contributed by atoms with Gasteiger partial charge in [0.1, 0.15) is 0 Å². The van der Waals surface area contributed by atoms with Crippen LogP contribution in [0.4, 0.5) is 0 Å². The highest BCUT2D eigenvalue weighted by Gasteiger charge is 2.31. The zero-order chi connectivity index (χ0) is 13.2. The Balaban J connectivity index is 1.87. The van der Waals surface area contributed by atoms with Crippen molar-refractivity contribution in [3.05, 3.63) is 0 Å². The highest BCUT2D eigenvalue weighted by Crippen LogP contribution is 2.24. The number of piperazine rings is 1. The van der Waals surface area contributed by atoms with Gasteiger partial charge in [0.15, 0.2) is 5.75 Å². The van der Waals surface area contributed by atoms with Gasteiger partial charge in [0.2, 0.25) is 10.0 Å². The van der Waals surface area contributed by atoms with Crippen molar-refractivity contribution in [2.24, 2.45) is 0 Å². The van der Waals surface area contributed by atoms with Gasteiger partial charge in [0, 0.05) is 32.2 Å². The minimum absolute atomic E-state index is 0.423. The summed E-state index contributed by atoms with van der Waals surface area (Å²) in [6.45, 7) is 2.30. The fourth-order valence-corrected chi connectivity index (χ4v) is 4.08. The van der Waals surface area contributed by atoms with Crippen LogP contribution in [-0.4, -0.2) is 66.7 Å². The van der Waals surface area contributed by atoms with Crippen molar-refractivity contribution in [1.29, 1.82) is 0 Å². The van der Waals surface area contributed by atoms with Gasteiger partial charge in [-0.1, -0.05) is 12.8 Å². The van der Waals surface area contributed by atoms with Crippen molar-refractivity contribution < 1.29 is 18.3 Å². The Kier molecular flexibility index (Phi) is 4.24. The lowest BCUT2D eigenvalue weighted by Gasteiger charge is -2.37. The standard InChI is InChI=1S/C11H20N2O4S/c14-11(15)9-18(16,17)13-7-5-12(6-8-13)10-3-1-2-4-10/h10H,1-9H2,(H,14,15). The van der Waals surface area contributed by atoms with Crippen molar-refractivity contribution in [1.82, 2.24) is 9.21 Å². The number of sulfonamides is 1. The molecular formula is C11H20N2O4S. The van der Waals surface area contributed by atoms with Gasteiger partial charge in [0.25, 0.3) is 0 Å². The van der Waals surface area contributed by atoms with Gasteiger partial charge < -0.3 is 5.11 Å². The average Bonchev–Trinajstić information content (AvgIpc) is 2.81. The molecule has 0 atom stereocenters. The molecule has 0 radical (unpaired) electrons. The Morgan fingerprint density at radius 3 is 2.17 bits per heavy atom. The summed E-state index contributed by atoms with van der Waals surface area (Å²) in [6.07, 6.45) is 4.95.